The van der Waals surface area contributed by atoms with E-state index in [0.29, 0.717) is 0 Å². The molecule has 0 bridgehead atoms. The third-order valence-electron chi connectivity index (χ3n) is 2.68. The molecule has 3 heteroatoms. The van der Waals surface area contributed by atoms with E-state index in [1.807, 2.05) is 13.0 Å². The summed E-state index contributed by atoms with van der Waals surface area (Å²) in [6.45, 7) is 3.42. The third kappa shape index (κ3) is 3.56. The van der Waals surface area contributed by atoms with Crippen LogP contribution in [0.25, 0.3) is 0 Å². The Labute approximate surface area is 95.7 Å². The molecule has 1 unspecified atom stereocenters. The largest absolute Gasteiger partial charge is 0.328 e. The summed E-state index contributed by atoms with van der Waals surface area (Å²) in [5, 5.41) is 0. The fourth-order valence-electron chi connectivity index (χ4n) is 1.55. The van der Waals surface area contributed by atoms with Crippen LogP contribution in [0, 0.1) is 0 Å². The summed E-state index contributed by atoms with van der Waals surface area (Å²) in [6.07, 6.45) is 1.41. The normalized spacial score (nSPS) is 13.8. The minimum Gasteiger partial charge on any atom is -0.328 e. The van der Waals surface area contributed by atoms with Gasteiger partial charge in [0.05, 0.1) is 0 Å². The minimum absolute atomic E-state index is 0.107. The SMILES string of the molecule is CCC(F)(F)c1cccc(CCC(C)N)c1. The quantitative estimate of drug-likeness (QED) is 0.819. The highest BCUT2D eigenvalue weighted by Gasteiger charge is 2.28. The Kier molecular flexibility index (Phi) is 4.42. The maximum absolute atomic E-state index is 13.4. The van der Waals surface area contributed by atoms with E-state index < -0.39 is 5.92 Å². The zero-order valence-corrected chi connectivity index (χ0v) is 9.84. The van der Waals surface area contributed by atoms with Gasteiger partial charge in [0.2, 0.25) is 0 Å². The maximum atomic E-state index is 13.4. The van der Waals surface area contributed by atoms with E-state index in [0.717, 1.165) is 18.4 Å². The van der Waals surface area contributed by atoms with Crippen LogP contribution in [-0.4, -0.2) is 6.04 Å². The fraction of sp³-hybridized carbons (Fsp3) is 0.538. The third-order valence-corrected chi connectivity index (χ3v) is 2.68. The second kappa shape index (κ2) is 5.39. The molecule has 0 aliphatic rings. The van der Waals surface area contributed by atoms with Gasteiger partial charge in [-0.25, -0.2) is 8.78 Å². The fourth-order valence-corrected chi connectivity index (χ4v) is 1.55. The van der Waals surface area contributed by atoms with Crippen molar-refractivity contribution < 1.29 is 8.78 Å². The number of nitrogens with two attached hydrogens (primary N) is 1. The summed E-state index contributed by atoms with van der Waals surface area (Å²) >= 11 is 0. The van der Waals surface area contributed by atoms with Gasteiger partial charge in [0.15, 0.2) is 0 Å². The highest BCUT2D eigenvalue weighted by atomic mass is 19.3. The van der Waals surface area contributed by atoms with E-state index in [9.17, 15) is 8.78 Å². The van der Waals surface area contributed by atoms with E-state index >= 15 is 0 Å². The van der Waals surface area contributed by atoms with E-state index in [2.05, 4.69) is 0 Å². The Morgan fingerprint density at radius 2 is 2.06 bits per heavy atom. The molecule has 0 saturated heterocycles. The summed E-state index contributed by atoms with van der Waals surface area (Å²) in [5.41, 5.74) is 6.68. The Bertz CT molecular complexity index is 334. The molecule has 0 radical (unpaired) electrons. The molecule has 0 spiro atoms. The van der Waals surface area contributed by atoms with Crippen molar-refractivity contribution >= 4 is 0 Å². The van der Waals surface area contributed by atoms with Crippen LogP contribution in [0.15, 0.2) is 24.3 Å². The monoisotopic (exact) mass is 227 g/mol. The molecular weight excluding hydrogens is 208 g/mol. The zero-order valence-electron chi connectivity index (χ0n) is 9.84. The molecule has 0 fully saturated rings. The molecular formula is C13H19F2N. The molecule has 1 aromatic rings. The molecule has 0 saturated carbocycles. The highest BCUT2D eigenvalue weighted by molar-refractivity contribution is 5.27. The van der Waals surface area contributed by atoms with E-state index in [4.69, 9.17) is 5.73 Å². The van der Waals surface area contributed by atoms with Crippen LogP contribution in [0.3, 0.4) is 0 Å². The van der Waals surface area contributed by atoms with Gasteiger partial charge < -0.3 is 5.73 Å². The molecule has 0 aromatic heterocycles. The van der Waals surface area contributed by atoms with Crippen molar-refractivity contribution in [3.63, 3.8) is 0 Å². The molecule has 1 nitrogen and oxygen atoms in total. The lowest BCUT2D eigenvalue weighted by molar-refractivity contribution is -0.00835. The maximum Gasteiger partial charge on any atom is 0.273 e. The number of rotatable bonds is 5. The van der Waals surface area contributed by atoms with E-state index in [-0.39, 0.29) is 18.0 Å². The van der Waals surface area contributed by atoms with Crippen molar-refractivity contribution in [2.75, 3.05) is 0 Å². The molecule has 0 aliphatic carbocycles. The summed E-state index contributed by atoms with van der Waals surface area (Å²) in [5.74, 6) is -2.72. The first kappa shape index (κ1) is 13.1. The Morgan fingerprint density at radius 3 is 2.62 bits per heavy atom. The first-order valence-electron chi connectivity index (χ1n) is 5.68. The standard InChI is InChI=1S/C13H19F2N/c1-3-13(14,15)12-6-4-5-11(9-12)8-7-10(2)16/h4-6,9-10H,3,7-8,16H2,1-2H3. The second-order valence-electron chi connectivity index (χ2n) is 4.27. The summed E-state index contributed by atoms with van der Waals surface area (Å²) < 4.78 is 26.9. The number of hydrogen-bond acceptors (Lipinski definition) is 1. The van der Waals surface area contributed by atoms with Crippen LogP contribution in [0.1, 0.15) is 37.8 Å². The lowest BCUT2D eigenvalue weighted by Gasteiger charge is -2.15. The van der Waals surface area contributed by atoms with Gasteiger partial charge in [-0.05, 0) is 31.4 Å². The second-order valence-corrected chi connectivity index (χ2v) is 4.27. The van der Waals surface area contributed by atoms with Gasteiger partial charge in [-0.1, -0.05) is 25.1 Å². The first-order chi connectivity index (χ1) is 7.45. The van der Waals surface area contributed by atoms with Crippen LogP contribution in [-0.2, 0) is 12.3 Å². The van der Waals surface area contributed by atoms with Crippen molar-refractivity contribution in [3.05, 3.63) is 35.4 Å². The van der Waals surface area contributed by atoms with Gasteiger partial charge in [0, 0.05) is 18.0 Å². The van der Waals surface area contributed by atoms with Gasteiger partial charge in [-0.15, -0.1) is 0 Å². The topological polar surface area (TPSA) is 26.0 Å². The molecule has 0 amide bonds. The minimum atomic E-state index is -2.72. The van der Waals surface area contributed by atoms with Crippen LogP contribution in [0.5, 0.6) is 0 Å². The Morgan fingerprint density at radius 1 is 1.38 bits per heavy atom. The van der Waals surface area contributed by atoms with Gasteiger partial charge in [-0.3, -0.25) is 0 Å². The number of halogens is 2. The smallest absolute Gasteiger partial charge is 0.273 e. The van der Waals surface area contributed by atoms with Crippen molar-refractivity contribution in [2.24, 2.45) is 5.73 Å². The van der Waals surface area contributed by atoms with Gasteiger partial charge in [-0.2, -0.15) is 0 Å². The van der Waals surface area contributed by atoms with Crippen molar-refractivity contribution in [2.45, 2.75) is 45.1 Å². The number of alkyl halides is 2. The highest BCUT2D eigenvalue weighted by Crippen LogP contribution is 2.31. The van der Waals surface area contributed by atoms with Crippen molar-refractivity contribution in [1.82, 2.24) is 0 Å². The van der Waals surface area contributed by atoms with E-state index in [1.165, 1.54) is 13.0 Å². The molecule has 1 rings (SSSR count). The Hall–Kier alpha value is -0.960. The number of benzene rings is 1. The lowest BCUT2D eigenvalue weighted by atomic mass is 10.00. The predicted octanol–water partition coefficient (Wildman–Crippen LogP) is 3.47. The lowest BCUT2D eigenvalue weighted by Crippen LogP contribution is -2.16. The Balaban J connectivity index is 2.79. The van der Waals surface area contributed by atoms with Gasteiger partial charge in [0.1, 0.15) is 0 Å². The molecule has 90 valence electrons. The van der Waals surface area contributed by atoms with Crippen LogP contribution < -0.4 is 5.73 Å². The van der Waals surface area contributed by atoms with Crippen LogP contribution in [0.2, 0.25) is 0 Å². The summed E-state index contributed by atoms with van der Waals surface area (Å²) in [4.78, 5) is 0. The molecule has 1 atom stereocenters. The van der Waals surface area contributed by atoms with Gasteiger partial charge >= 0.3 is 0 Å². The number of hydrogen-bond donors (Lipinski definition) is 1. The molecule has 16 heavy (non-hydrogen) atoms. The van der Waals surface area contributed by atoms with Crippen molar-refractivity contribution in [3.8, 4) is 0 Å². The summed E-state index contributed by atoms with van der Waals surface area (Å²) in [6, 6.07) is 6.74. The first-order valence-corrected chi connectivity index (χ1v) is 5.68. The van der Waals surface area contributed by atoms with Crippen LogP contribution in [0.4, 0.5) is 8.78 Å². The van der Waals surface area contributed by atoms with Crippen molar-refractivity contribution in [1.29, 1.82) is 0 Å². The zero-order chi connectivity index (χ0) is 12.2. The predicted molar refractivity (Wildman–Crippen MR) is 62.6 cm³/mol. The molecule has 2 N–H and O–H groups in total. The van der Waals surface area contributed by atoms with Gasteiger partial charge in [0.25, 0.3) is 5.92 Å². The molecule has 0 heterocycles. The average molecular weight is 227 g/mol. The van der Waals surface area contributed by atoms with E-state index in [1.54, 1.807) is 12.1 Å². The van der Waals surface area contributed by atoms with Crippen LogP contribution >= 0.6 is 0 Å². The summed E-state index contributed by atoms with van der Waals surface area (Å²) in [7, 11) is 0. The molecule has 1 aromatic carbocycles. The average Bonchev–Trinajstić information content (AvgIpc) is 2.27. The molecule has 0 aliphatic heterocycles. The number of aryl methyl sites for hydroxylation is 1.